The molecule has 2 unspecified atom stereocenters. The highest BCUT2D eigenvalue weighted by Crippen LogP contribution is 2.25. The Labute approximate surface area is 194 Å². The van der Waals surface area contributed by atoms with Crippen LogP contribution in [-0.2, 0) is 22.5 Å². The van der Waals surface area contributed by atoms with Crippen LogP contribution in [0.3, 0.4) is 0 Å². The third-order valence-electron chi connectivity index (χ3n) is 5.99. The summed E-state index contributed by atoms with van der Waals surface area (Å²) in [5.41, 5.74) is 4.47. The second-order valence-electron chi connectivity index (χ2n) is 8.32. The molecule has 1 fully saturated rings. The fraction of sp³-hybridized carbons (Fsp3) is 0.385. The maximum atomic E-state index is 12.9. The van der Waals surface area contributed by atoms with Crippen molar-refractivity contribution in [3.8, 4) is 0 Å². The number of aryl methyl sites for hydroxylation is 1. The Balaban J connectivity index is 1.42. The van der Waals surface area contributed by atoms with E-state index in [9.17, 15) is 4.79 Å². The Kier molecular flexibility index (Phi) is 7.66. The van der Waals surface area contributed by atoms with E-state index in [0.29, 0.717) is 5.75 Å². The number of aromatic nitrogens is 2. The maximum Gasteiger partial charge on any atom is 0.230 e. The average Bonchev–Trinajstić information content (AvgIpc) is 3.42. The molecule has 0 spiro atoms. The molecule has 0 radical (unpaired) electrons. The van der Waals surface area contributed by atoms with Crippen LogP contribution < -0.4 is 5.32 Å². The molecule has 0 aliphatic carbocycles. The number of rotatable bonds is 9. The molecular formula is C26H31N3O2S. The minimum absolute atomic E-state index is 0.0155. The molecule has 1 amide bonds. The van der Waals surface area contributed by atoms with Crippen molar-refractivity contribution >= 4 is 17.7 Å². The van der Waals surface area contributed by atoms with Crippen molar-refractivity contribution in [1.82, 2.24) is 14.9 Å². The highest BCUT2D eigenvalue weighted by Gasteiger charge is 2.21. The number of benzene rings is 2. The van der Waals surface area contributed by atoms with Gasteiger partial charge in [0, 0.05) is 12.3 Å². The zero-order valence-electron chi connectivity index (χ0n) is 18.8. The first-order valence-electron chi connectivity index (χ1n) is 11.3. The number of hydrogen-bond acceptors (Lipinski definition) is 4. The van der Waals surface area contributed by atoms with Crippen molar-refractivity contribution in [3.05, 3.63) is 83.2 Å². The lowest BCUT2D eigenvalue weighted by Crippen LogP contribution is -2.31. The Hall–Kier alpha value is -2.57. The lowest BCUT2D eigenvalue weighted by Gasteiger charge is -2.20. The number of thioether (sulfide) groups is 1. The topological polar surface area (TPSA) is 56.2 Å². The van der Waals surface area contributed by atoms with Gasteiger partial charge in [-0.25, -0.2) is 4.98 Å². The van der Waals surface area contributed by atoms with Crippen molar-refractivity contribution in [1.29, 1.82) is 0 Å². The van der Waals surface area contributed by atoms with E-state index in [1.165, 1.54) is 17.3 Å². The number of imidazole rings is 1. The Bertz CT molecular complexity index is 1010. The minimum Gasteiger partial charge on any atom is -0.376 e. The lowest BCUT2D eigenvalue weighted by atomic mass is 9.99. The number of nitrogens with one attached hydrogen (secondary N) is 1. The smallest absolute Gasteiger partial charge is 0.230 e. The average molecular weight is 450 g/mol. The molecule has 1 aromatic heterocycles. The van der Waals surface area contributed by atoms with Crippen LogP contribution in [0.25, 0.3) is 0 Å². The summed E-state index contributed by atoms with van der Waals surface area (Å²) in [7, 11) is 0. The van der Waals surface area contributed by atoms with Crippen LogP contribution in [0.5, 0.6) is 0 Å². The molecule has 32 heavy (non-hydrogen) atoms. The largest absolute Gasteiger partial charge is 0.376 e. The number of nitrogens with zero attached hydrogens (tertiary/aromatic N) is 2. The van der Waals surface area contributed by atoms with Gasteiger partial charge in [-0.15, -0.1) is 0 Å². The molecular weight excluding hydrogens is 418 g/mol. The molecule has 1 N–H and O–H groups in total. The molecule has 0 saturated carbocycles. The Morgan fingerprint density at radius 1 is 1.16 bits per heavy atom. The van der Waals surface area contributed by atoms with E-state index in [4.69, 9.17) is 9.72 Å². The number of ether oxygens (including phenoxy) is 1. The normalized spacial score (nSPS) is 16.8. The van der Waals surface area contributed by atoms with Crippen molar-refractivity contribution in [2.45, 2.75) is 57.0 Å². The highest BCUT2D eigenvalue weighted by molar-refractivity contribution is 7.99. The monoisotopic (exact) mass is 449 g/mol. The predicted molar refractivity (Wildman–Crippen MR) is 129 cm³/mol. The fourth-order valence-electron chi connectivity index (χ4n) is 4.09. The van der Waals surface area contributed by atoms with Crippen LogP contribution in [0.4, 0.5) is 0 Å². The van der Waals surface area contributed by atoms with Gasteiger partial charge in [-0.2, -0.15) is 0 Å². The summed E-state index contributed by atoms with van der Waals surface area (Å²) in [5.74, 6) is 0.348. The van der Waals surface area contributed by atoms with E-state index in [0.717, 1.165) is 54.5 Å². The van der Waals surface area contributed by atoms with Crippen LogP contribution in [0.1, 0.15) is 41.4 Å². The van der Waals surface area contributed by atoms with Gasteiger partial charge in [0.1, 0.15) is 0 Å². The number of hydrogen-bond donors (Lipinski definition) is 1. The third kappa shape index (κ3) is 5.81. The van der Waals surface area contributed by atoms with Crippen LogP contribution >= 0.6 is 11.8 Å². The second-order valence-corrected chi connectivity index (χ2v) is 9.26. The van der Waals surface area contributed by atoms with Gasteiger partial charge in [-0.1, -0.05) is 72.4 Å². The fourth-order valence-corrected chi connectivity index (χ4v) is 5.01. The molecule has 1 aliphatic rings. The van der Waals surface area contributed by atoms with Crippen LogP contribution in [0.15, 0.2) is 65.8 Å². The molecule has 6 heteroatoms. The summed E-state index contributed by atoms with van der Waals surface area (Å²) in [6, 6.07) is 20.4. The molecule has 1 aliphatic heterocycles. The molecule has 2 aromatic carbocycles. The van der Waals surface area contributed by atoms with Gasteiger partial charge >= 0.3 is 0 Å². The van der Waals surface area contributed by atoms with Crippen LogP contribution in [0, 0.1) is 13.8 Å². The summed E-state index contributed by atoms with van der Waals surface area (Å²) in [6.45, 7) is 5.76. The Morgan fingerprint density at radius 2 is 1.88 bits per heavy atom. The van der Waals surface area contributed by atoms with Gasteiger partial charge in [0.15, 0.2) is 5.16 Å². The van der Waals surface area contributed by atoms with Crippen molar-refractivity contribution < 1.29 is 9.53 Å². The molecule has 0 bridgehead atoms. The van der Waals surface area contributed by atoms with Gasteiger partial charge in [0.2, 0.25) is 5.91 Å². The Morgan fingerprint density at radius 3 is 2.56 bits per heavy atom. The van der Waals surface area contributed by atoms with E-state index < -0.39 is 0 Å². The third-order valence-corrected chi connectivity index (χ3v) is 6.96. The van der Waals surface area contributed by atoms with E-state index >= 15 is 0 Å². The SMILES string of the molecule is Cc1nc(SCC(=O)NC(Cc2ccccc2)c2ccccc2)n(CC2CCCO2)c1C. The molecule has 2 atom stereocenters. The summed E-state index contributed by atoms with van der Waals surface area (Å²) in [5, 5.41) is 4.14. The van der Waals surface area contributed by atoms with Gasteiger partial charge in [0.05, 0.1) is 30.1 Å². The quantitative estimate of drug-likeness (QED) is 0.474. The van der Waals surface area contributed by atoms with E-state index in [-0.39, 0.29) is 18.1 Å². The molecule has 4 rings (SSSR count). The van der Waals surface area contributed by atoms with Gasteiger partial charge in [-0.3, -0.25) is 4.79 Å². The van der Waals surface area contributed by atoms with Crippen molar-refractivity contribution in [2.24, 2.45) is 0 Å². The molecule has 2 heterocycles. The first-order valence-corrected chi connectivity index (χ1v) is 12.2. The second kappa shape index (κ2) is 10.8. The summed E-state index contributed by atoms with van der Waals surface area (Å²) in [6.07, 6.45) is 3.20. The number of carbonyl (C=O) groups is 1. The summed E-state index contributed by atoms with van der Waals surface area (Å²) >= 11 is 1.50. The highest BCUT2D eigenvalue weighted by atomic mass is 32.2. The number of amides is 1. The molecule has 1 saturated heterocycles. The zero-order valence-corrected chi connectivity index (χ0v) is 19.6. The van der Waals surface area contributed by atoms with Gasteiger partial charge in [-0.05, 0) is 44.2 Å². The van der Waals surface area contributed by atoms with Crippen molar-refractivity contribution in [3.63, 3.8) is 0 Å². The molecule has 3 aromatic rings. The van der Waals surface area contributed by atoms with E-state index in [1.54, 1.807) is 0 Å². The summed E-state index contributed by atoms with van der Waals surface area (Å²) < 4.78 is 8.03. The predicted octanol–water partition coefficient (Wildman–Crippen LogP) is 4.87. The summed E-state index contributed by atoms with van der Waals surface area (Å²) in [4.78, 5) is 17.7. The number of carbonyl (C=O) groups excluding carboxylic acids is 1. The van der Waals surface area contributed by atoms with Crippen LogP contribution in [0.2, 0.25) is 0 Å². The van der Waals surface area contributed by atoms with Crippen LogP contribution in [-0.4, -0.2) is 33.9 Å². The van der Waals surface area contributed by atoms with E-state index in [1.807, 2.05) is 43.3 Å². The first-order chi connectivity index (χ1) is 15.6. The molecule has 5 nitrogen and oxygen atoms in total. The van der Waals surface area contributed by atoms with E-state index in [2.05, 4.69) is 41.1 Å². The van der Waals surface area contributed by atoms with Gasteiger partial charge < -0.3 is 14.6 Å². The molecule has 168 valence electrons. The van der Waals surface area contributed by atoms with Gasteiger partial charge in [0.25, 0.3) is 0 Å². The standard InChI is InChI=1S/C26H31N3O2S/c1-19-20(2)29(17-23-14-9-15-31-23)26(27-19)32-18-25(30)28-24(22-12-7-4-8-13-22)16-21-10-5-3-6-11-21/h3-8,10-13,23-24H,9,14-18H2,1-2H3,(H,28,30). The lowest BCUT2D eigenvalue weighted by molar-refractivity contribution is -0.119. The zero-order chi connectivity index (χ0) is 22.3. The first kappa shape index (κ1) is 22.6. The minimum atomic E-state index is -0.0678. The maximum absolute atomic E-state index is 12.9. The van der Waals surface area contributed by atoms with Crippen molar-refractivity contribution in [2.75, 3.05) is 12.4 Å².